The molecule has 0 atom stereocenters. The number of thiol groups is 1. The average Bonchev–Trinajstić information content (AvgIpc) is 2.55. The van der Waals surface area contributed by atoms with E-state index in [4.69, 9.17) is 0 Å². The molecule has 0 unspecified atom stereocenters. The van der Waals surface area contributed by atoms with Crippen LogP contribution in [-0.2, 0) is 11.8 Å². The van der Waals surface area contributed by atoms with Gasteiger partial charge in [0.05, 0.1) is 11.0 Å². The Balaban J connectivity index is 2.29. The number of carbonyl (C=O) groups excluding carboxylic acids is 1. The topological polar surface area (TPSA) is 46.9 Å². The molecule has 0 spiro atoms. The first-order valence-corrected chi connectivity index (χ1v) is 6.09. The van der Waals surface area contributed by atoms with E-state index in [1.807, 2.05) is 36.7 Å². The van der Waals surface area contributed by atoms with E-state index in [0.29, 0.717) is 12.2 Å². The maximum Gasteiger partial charge on any atom is 0.225 e. The third kappa shape index (κ3) is 2.44. The lowest BCUT2D eigenvalue weighted by Crippen LogP contribution is -2.11. The summed E-state index contributed by atoms with van der Waals surface area (Å²) in [5.74, 6) is 1.49. The largest absolute Gasteiger partial charge is 0.331 e. The molecule has 5 heteroatoms. The minimum Gasteiger partial charge on any atom is -0.331 e. The Labute approximate surface area is 105 Å². The van der Waals surface area contributed by atoms with E-state index in [9.17, 15) is 4.79 Å². The van der Waals surface area contributed by atoms with Crippen LogP contribution < -0.4 is 5.32 Å². The van der Waals surface area contributed by atoms with Crippen LogP contribution in [0, 0.1) is 6.92 Å². The second-order valence-corrected chi connectivity index (χ2v) is 4.39. The van der Waals surface area contributed by atoms with E-state index in [1.165, 1.54) is 0 Å². The SMILES string of the molecule is Cc1nc2cc(NC(=O)CCS)ccc2n1C. The molecular weight excluding hydrogens is 234 g/mol. The number of nitrogens with zero attached hydrogens (tertiary/aromatic N) is 2. The molecule has 1 amide bonds. The van der Waals surface area contributed by atoms with Gasteiger partial charge in [0.2, 0.25) is 5.91 Å². The Hall–Kier alpha value is -1.49. The number of imidazole rings is 1. The summed E-state index contributed by atoms with van der Waals surface area (Å²) in [7, 11) is 1.98. The molecule has 0 fully saturated rings. The van der Waals surface area contributed by atoms with E-state index in [2.05, 4.69) is 22.9 Å². The Bertz CT molecular complexity index is 562. The fraction of sp³-hybridized carbons (Fsp3) is 0.333. The summed E-state index contributed by atoms with van der Waals surface area (Å²) in [5, 5.41) is 2.83. The Kier molecular flexibility index (Phi) is 3.38. The van der Waals surface area contributed by atoms with Crippen molar-refractivity contribution in [3.05, 3.63) is 24.0 Å². The Morgan fingerprint density at radius 3 is 3.00 bits per heavy atom. The van der Waals surface area contributed by atoms with Gasteiger partial charge in [-0.1, -0.05) is 0 Å². The van der Waals surface area contributed by atoms with E-state index in [1.54, 1.807) is 0 Å². The van der Waals surface area contributed by atoms with Crippen LogP contribution in [0.25, 0.3) is 11.0 Å². The number of benzene rings is 1. The van der Waals surface area contributed by atoms with Crippen molar-refractivity contribution < 1.29 is 4.79 Å². The van der Waals surface area contributed by atoms with Crippen LogP contribution in [0.5, 0.6) is 0 Å². The third-order valence-corrected chi connectivity index (χ3v) is 2.95. The molecule has 0 aliphatic rings. The second-order valence-electron chi connectivity index (χ2n) is 3.94. The normalized spacial score (nSPS) is 10.8. The van der Waals surface area contributed by atoms with Crippen molar-refractivity contribution in [3.8, 4) is 0 Å². The molecule has 0 aliphatic carbocycles. The van der Waals surface area contributed by atoms with Crippen LogP contribution in [0.4, 0.5) is 5.69 Å². The highest BCUT2D eigenvalue weighted by atomic mass is 32.1. The standard InChI is InChI=1S/C12H15N3OS/c1-8-13-10-7-9(14-12(16)5-6-17)3-4-11(10)15(8)2/h3-4,7,17H,5-6H2,1-2H3,(H,14,16). The molecule has 1 N–H and O–H groups in total. The lowest BCUT2D eigenvalue weighted by Gasteiger charge is -2.04. The molecule has 4 nitrogen and oxygen atoms in total. The molecule has 1 aromatic heterocycles. The number of anilines is 1. The zero-order valence-electron chi connectivity index (χ0n) is 9.90. The predicted molar refractivity (Wildman–Crippen MR) is 72.6 cm³/mol. The summed E-state index contributed by atoms with van der Waals surface area (Å²) in [6.45, 7) is 1.96. The van der Waals surface area contributed by atoms with Crippen LogP contribution in [0.3, 0.4) is 0 Å². The van der Waals surface area contributed by atoms with Gasteiger partial charge in [0.15, 0.2) is 0 Å². The lowest BCUT2D eigenvalue weighted by atomic mass is 10.2. The monoisotopic (exact) mass is 249 g/mol. The lowest BCUT2D eigenvalue weighted by molar-refractivity contribution is -0.115. The van der Waals surface area contributed by atoms with Gasteiger partial charge < -0.3 is 9.88 Å². The maximum atomic E-state index is 11.4. The first-order valence-electron chi connectivity index (χ1n) is 5.45. The fourth-order valence-electron chi connectivity index (χ4n) is 1.72. The Morgan fingerprint density at radius 2 is 2.29 bits per heavy atom. The van der Waals surface area contributed by atoms with Gasteiger partial charge in [-0.25, -0.2) is 4.98 Å². The van der Waals surface area contributed by atoms with Gasteiger partial charge in [-0.15, -0.1) is 0 Å². The van der Waals surface area contributed by atoms with Gasteiger partial charge in [0.25, 0.3) is 0 Å². The van der Waals surface area contributed by atoms with Crippen LogP contribution in [0.1, 0.15) is 12.2 Å². The van der Waals surface area contributed by atoms with Crippen molar-refractivity contribution in [2.75, 3.05) is 11.1 Å². The number of carbonyl (C=O) groups is 1. The minimum atomic E-state index is -0.0213. The molecule has 1 heterocycles. The molecule has 0 aliphatic heterocycles. The molecule has 0 bridgehead atoms. The van der Waals surface area contributed by atoms with E-state index < -0.39 is 0 Å². The quantitative estimate of drug-likeness (QED) is 0.819. The summed E-state index contributed by atoms with van der Waals surface area (Å²) in [4.78, 5) is 15.9. The van der Waals surface area contributed by atoms with Crippen LogP contribution in [-0.4, -0.2) is 21.2 Å². The maximum absolute atomic E-state index is 11.4. The summed E-state index contributed by atoms with van der Waals surface area (Å²) >= 11 is 4.03. The van der Waals surface area contributed by atoms with Crippen molar-refractivity contribution in [3.63, 3.8) is 0 Å². The minimum absolute atomic E-state index is 0.0213. The molecule has 0 saturated heterocycles. The summed E-state index contributed by atoms with van der Waals surface area (Å²) < 4.78 is 2.02. The number of aryl methyl sites for hydroxylation is 2. The van der Waals surface area contributed by atoms with Crippen LogP contribution >= 0.6 is 12.6 Å². The van der Waals surface area contributed by atoms with Gasteiger partial charge in [-0.3, -0.25) is 4.79 Å². The molecule has 90 valence electrons. The predicted octanol–water partition coefficient (Wildman–Crippen LogP) is 2.14. The third-order valence-electron chi connectivity index (χ3n) is 2.73. The van der Waals surface area contributed by atoms with Gasteiger partial charge in [-0.05, 0) is 30.9 Å². The van der Waals surface area contributed by atoms with Gasteiger partial charge >= 0.3 is 0 Å². The van der Waals surface area contributed by atoms with Gasteiger partial charge in [0, 0.05) is 19.2 Å². The van der Waals surface area contributed by atoms with Crippen LogP contribution in [0.15, 0.2) is 18.2 Å². The highest BCUT2D eigenvalue weighted by Crippen LogP contribution is 2.19. The van der Waals surface area contributed by atoms with E-state index in [0.717, 1.165) is 22.5 Å². The fourth-order valence-corrected chi connectivity index (χ4v) is 1.93. The van der Waals surface area contributed by atoms with E-state index >= 15 is 0 Å². The molecular formula is C12H15N3OS. The molecule has 1 aromatic carbocycles. The summed E-state index contributed by atoms with van der Waals surface area (Å²) in [6.07, 6.45) is 0.419. The number of amides is 1. The second kappa shape index (κ2) is 4.79. The Morgan fingerprint density at radius 1 is 1.53 bits per heavy atom. The van der Waals surface area contributed by atoms with Crippen molar-refractivity contribution in [2.45, 2.75) is 13.3 Å². The molecule has 17 heavy (non-hydrogen) atoms. The smallest absolute Gasteiger partial charge is 0.225 e. The number of rotatable bonds is 3. The number of aromatic nitrogens is 2. The van der Waals surface area contributed by atoms with Crippen molar-refractivity contribution in [2.24, 2.45) is 7.05 Å². The average molecular weight is 249 g/mol. The number of hydrogen-bond donors (Lipinski definition) is 2. The highest BCUT2D eigenvalue weighted by molar-refractivity contribution is 7.80. The first-order chi connectivity index (χ1) is 8.11. The van der Waals surface area contributed by atoms with Gasteiger partial charge in [0.1, 0.15) is 5.82 Å². The number of hydrogen-bond acceptors (Lipinski definition) is 3. The van der Waals surface area contributed by atoms with Crippen molar-refractivity contribution in [1.82, 2.24) is 9.55 Å². The molecule has 0 saturated carbocycles. The zero-order chi connectivity index (χ0) is 12.4. The number of nitrogens with one attached hydrogen (secondary N) is 1. The summed E-state index contributed by atoms with van der Waals surface area (Å²) in [6, 6.07) is 5.74. The zero-order valence-corrected chi connectivity index (χ0v) is 10.8. The molecule has 2 aromatic rings. The molecule has 0 radical (unpaired) electrons. The highest BCUT2D eigenvalue weighted by Gasteiger charge is 2.06. The van der Waals surface area contributed by atoms with Crippen LogP contribution in [0.2, 0.25) is 0 Å². The van der Waals surface area contributed by atoms with Gasteiger partial charge in [-0.2, -0.15) is 12.6 Å². The number of fused-ring (bicyclic) bond motifs is 1. The van der Waals surface area contributed by atoms with Crippen molar-refractivity contribution >= 4 is 35.3 Å². The molecule has 2 rings (SSSR count). The first kappa shape index (κ1) is 12.0. The van der Waals surface area contributed by atoms with Crippen molar-refractivity contribution in [1.29, 1.82) is 0 Å². The van der Waals surface area contributed by atoms with E-state index in [-0.39, 0.29) is 5.91 Å². The summed E-state index contributed by atoms with van der Waals surface area (Å²) in [5.41, 5.74) is 2.74.